The van der Waals surface area contributed by atoms with E-state index in [0.717, 1.165) is 15.6 Å². The van der Waals surface area contributed by atoms with Crippen LogP contribution in [-0.4, -0.2) is 34.4 Å². The summed E-state index contributed by atoms with van der Waals surface area (Å²) in [5.74, 6) is 0.0419. The Bertz CT molecular complexity index is 1540. The maximum atomic E-state index is 13.5. The lowest BCUT2D eigenvalue weighted by Crippen LogP contribution is -2.39. The predicted octanol–water partition coefficient (Wildman–Crippen LogP) is 5.24. The highest BCUT2D eigenvalue weighted by Gasteiger charge is 2.27. The van der Waals surface area contributed by atoms with Crippen molar-refractivity contribution in [1.82, 2.24) is 9.55 Å². The van der Waals surface area contributed by atoms with E-state index in [4.69, 9.17) is 4.74 Å². The Morgan fingerprint density at radius 1 is 1.26 bits per heavy atom. The van der Waals surface area contributed by atoms with Gasteiger partial charge in [-0.25, -0.2) is 4.98 Å². The number of ketones is 1. The van der Waals surface area contributed by atoms with E-state index in [9.17, 15) is 14.4 Å². The summed E-state index contributed by atoms with van der Waals surface area (Å²) >= 11 is 4.83. The summed E-state index contributed by atoms with van der Waals surface area (Å²) < 4.78 is 7.82. The van der Waals surface area contributed by atoms with Gasteiger partial charge in [0, 0.05) is 27.5 Å². The van der Waals surface area contributed by atoms with E-state index in [1.807, 2.05) is 29.6 Å². The van der Waals surface area contributed by atoms with Gasteiger partial charge in [0.05, 0.1) is 23.4 Å². The van der Waals surface area contributed by atoms with E-state index >= 15 is 0 Å². The summed E-state index contributed by atoms with van der Waals surface area (Å²) in [5.41, 5.74) is 2.29. The summed E-state index contributed by atoms with van der Waals surface area (Å²) in [4.78, 5) is 45.9. The van der Waals surface area contributed by atoms with Crippen LogP contribution in [0.25, 0.3) is 21.3 Å². The summed E-state index contributed by atoms with van der Waals surface area (Å²) in [7, 11) is 0. The third-order valence-electron chi connectivity index (χ3n) is 5.97. The Morgan fingerprint density at radius 3 is 2.77 bits per heavy atom. The molecule has 35 heavy (non-hydrogen) atoms. The van der Waals surface area contributed by atoms with Gasteiger partial charge >= 0.3 is 0 Å². The molecule has 1 aliphatic rings. The SMILES string of the molecule is C=CCN1C(=O)COc2ccc(C(=O)C(C)n3cnc4scc(-c5ccc(Br)cc5)c4c3=O)cc21. The van der Waals surface area contributed by atoms with Crippen LogP contribution in [0, 0.1) is 0 Å². The fourth-order valence-corrected chi connectivity index (χ4v) is 5.29. The summed E-state index contributed by atoms with van der Waals surface area (Å²) in [6.07, 6.45) is 3.04. The molecule has 1 atom stereocenters. The number of ether oxygens (including phenoxy) is 1. The van der Waals surface area contributed by atoms with Crippen molar-refractivity contribution in [3.05, 3.63) is 87.2 Å². The van der Waals surface area contributed by atoms with Crippen molar-refractivity contribution in [2.45, 2.75) is 13.0 Å². The average molecular weight is 550 g/mol. The van der Waals surface area contributed by atoms with Crippen molar-refractivity contribution in [2.75, 3.05) is 18.1 Å². The predicted molar refractivity (Wildman–Crippen MR) is 141 cm³/mol. The lowest BCUT2D eigenvalue weighted by molar-refractivity contribution is -0.121. The second-order valence-electron chi connectivity index (χ2n) is 8.10. The maximum absolute atomic E-state index is 13.5. The molecule has 176 valence electrons. The van der Waals surface area contributed by atoms with Gasteiger partial charge in [0.15, 0.2) is 12.4 Å². The van der Waals surface area contributed by atoms with Crippen molar-refractivity contribution in [3.8, 4) is 16.9 Å². The molecule has 5 rings (SSSR count). The number of carbonyl (C=O) groups excluding carboxylic acids is 2. The number of aromatic nitrogens is 2. The number of benzene rings is 2. The molecule has 0 bridgehead atoms. The minimum absolute atomic E-state index is 0.0625. The zero-order valence-electron chi connectivity index (χ0n) is 18.7. The lowest BCUT2D eigenvalue weighted by Gasteiger charge is -2.29. The van der Waals surface area contributed by atoms with Gasteiger partial charge in [-0.15, -0.1) is 17.9 Å². The molecule has 0 fully saturated rings. The number of amides is 1. The first-order chi connectivity index (χ1) is 16.9. The Hall–Kier alpha value is -3.56. The summed E-state index contributed by atoms with van der Waals surface area (Å²) in [6.45, 7) is 5.62. The zero-order valence-corrected chi connectivity index (χ0v) is 21.1. The third-order valence-corrected chi connectivity index (χ3v) is 7.38. The molecule has 0 radical (unpaired) electrons. The summed E-state index contributed by atoms with van der Waals surface area (Å²) in [5, 5.41) is 2.40. The van der Waals surface area contributed by atoms with Crippen molar-refractivity contribution in [2.24, 2.45) is 0 Å². The van der Waals surface area contributed by atoms with Crippen LogP contribution >= 0.6 is 27.3 Å². The molecule has 0 aliphatic carbocycles. The van der Waals surface area contributed by atoms with E-state index < -0.39 is 6.04 Å². The van der Waals surface area contributed by atoms with Crippen molar-refractivity contribution in [3.63, 3.8) is 0 Å². The fourth-order valence-electron chi connectivity index (χ4n) is 4.12. The molecule has 2 aromatic heterocycles. The van der Waals surface area contributed by atoms with Gasteiger partial charge in [0.2, 0.25) is 0 Å². The number of hydrogen-bond acceptors (Lipinski definition) is 6. The highest BCUT2D eigenvalue weighted by atomic mass is 79.9. The Morgan fingerprint density at radius 2 is 2.03 bits per heavy atom. The normalized spacial score (nSPS) is 13.9. The highest BCUT2D eigenvalue weighted by Crippen LogP contribution is 2.34. The van der Waals surface area contributed by atoms with Crippen LogP contribution in [0.15, 0.2) is 76.1 Å². The molecule has 3 heterocycles. The molecule has 4 aromatic rings. The van der Waals surface area contributed by atoms with Gasteiger partial charge < -0.3 is 9.64 Å². The van der Waals surface area contributed by atoms with Gasteiger partial charge in [-0.05, 0) is 42.8 Å². The smallest absolute Gasteiger partial charge is 0.265 e. The largest absolute Gasteiger partial charge is 0.482 e. The van der Waals surface area contributed by atoms with Crippen LogP contribution in [0.4, 0.5) is 5.69 Å². The van der Waals surface area contributed by atoms with Crippen LogP contribution < -0.4 is 15.2 Å². The summed E-state index contributed by atoms with van der Waals surface area (Å²) in [6, 6.07) is 11.8. The molecule has 1 amide bonds. The lowest BCUT2D eigenvalue weighted by atomic mass is 10.0. The van der Waals surface area contributed by atoms with Crippen LogP contribution in [0.5, 0.6) is 5.75 Å². The molecule has 2 aromatic carbocycles. The molecule has 0 N–H and O–H groups in total. The minimum Gasteiger partial charge on any atom is -0.482 e. The Balaban J connectivity index is 1.53. The first-order valence-corrected chi connectivity index (χ1v) is 12.5. The van der Waals surface area contributed by atoms with Crippen molar-refractivity contribution < 1.29 is 14.3 Å². The van der Waals surface area contributed by atoms with Gasteiger partial charge in [-0.2, -0.15) is 0 Å². The van der Waals surface area contributed by atoms with E-state index in [-0.39, 0.29) is 23.9 Å². The molecule has 1 aliphatic heterocycles. The first-order valence-electron chi connectivity index (χ1n) is 10.9. The molecule has 0 spiro atoms. The number of rotatable bonds is 6. The van der Waals surface area contributed by atoms with Gasteiger partial charge in [0.1, 0.15) is 10.6 Å². The van der Waals surface area contributed by atoms with Gasteiger partial charge in [-0.3, -0.25) is 19.0 Å². The molecule has 0 saturated carbocycles. The molecule has 1 unspecified atom stereocenters. The fraction of sp³-hybridized carbons (Fsp3) is 0.154. The molecule has 0 saturated heterocycles. The van der Waals surface area contributed by atoms with Crippen LogP contribution in [0.2, 0.25) is 0 Å². The Labute approximate surface area is 213 Å². The number of nitrogens with zero attached hydrogens (tertiary/aromatic N) is 3. The van der Waals surface area contributed by atoms with E-state index in [1.165, 1.54) is 27.1 Å². The molecule has 9 heteroatoms. The Kier molecular flexibility index (Phi) is 6.12. The highest BCUT2D eigenvalue weighted by molar-refractivity contribution is 9.10. The number of thiophene rings is 1. The van der Waals surface area contributed by atoms with Crippen LogP contribution in [0.3, 0.4) is 0 Å². The molecular weight excluding hydrogens is 530 g/mol. The van der Waals surface area contributed by atoms with Crippen LogP contribution in [-0.2, 0) is 4.79 Å². The zero-order chi connectivity index (χ0) is 24.7. The van der Waals surface area contributed by atoms with Gasteiger partial charge in [-0.1, -0.05) is 34.1 Å². The number of Topliss-reactive ketones (excluding diaryl/α,β-unsaturated/α-hetero) is 1. The number of anilines is 1. The number of carbonyl (C=O) groups is 2. The molecule has 7 nitrogen and oxygen atoms in total. The van der Waals surface area contributed by atoms with Crippen LogP contribution in [0.1, 0.15) is 23.3 Å². The number of fused-ring (bicyclic) bond motifs is 2. The van der Waals surface area contributed by atoms with E-state index in [2.05, 4.69) is 27.5 Å². The van der Waals surface area contributed by atoms with Crippen molar-refractivity contribution >= 4 is 54.9 Å². The average Bonchev–Trinajstić information content (AvgIpc) is 3.30. The van der Waals surface area contributed by atoms with Crippen molar-refractivity contribution in [1.29, 1.82) is 0 Å². The van der Waals surface area contributed by atoms with E-state index in [0.29, 0.717) is 33.8 Å². The second-order valence-corrected chi connectivity index (χ2v) is 9.87. The maximum Gasteiger partial charge on any atom is 0.265 e. The second kappa shape index (κ2) is 9.24. The molecular formula is C26H20BrN3O4S. The monoisotopic (exact) mass is 549 g/mol. The third kappa shape index (κ3) is 4.11. The van der Waals surface area contributed by atoms with Gasteiger partial charge in [0.25, 0.3) is 11.5 Å². The topological polar surface area (TPSA) is 81.5 Å². The minimum atomic E-state index is -0.803. The standard InChI is InChI=1S/C26H20BrN3O4S/c1-3-10-29-20-11-17(6-9-21(20)34-12-22(29)31)24(32)15(2)30-14-28-25-23(26(30)33)19(13-35-25)16-4-7-18(27)8-5-16/h3-9,11,13-15H,1,10,12H2,2H3. The van der Waals surface area contributed by atoms with E-state index in [1.54, 1.807) is 31.2 Å². The first kappa shape index (κ1) is 23.2. The number of halogens is 1. The quantitative estimate of drug-likeness (QED) is 0.242. The number of hydrogen-bond donors (Lipinski definition) is 0.